The topological polar surface area (TPSA) is 72.8 Å². The van der Waals surface area contributed by atoms with Crippen molar-refractivity contribution in [2.45, 2.75) is 63.9 Å². The molecule has 0 aromatic carbocycles. The summed E-state index contributed by atoms with van der Waals surface area (Å²) in [5, 5.41) is 9.42. The Kier molecular flexibility index (Phi) is 6.99. The van der Waals surface area contributed by atoms with Gasteiger partial charge in [0.05, 0.1) is 12.4 Å². The Morgan fingerprint density at radius 1 is 1.37 bits per heavy atom. The summed E-state index contributed by atoms with van der Waals surface area (Å²) in [5.41, 5.74) is 0. The van der Waals surface area contributed by atoms with Crippen molar-refractivity contribution < 1.29 is 22.4 Å². The average Bonchev–Trinajstić information content (AvgIpc) is 2.61. The molecule has 1 saturated heterocycles. The minimum absolute atomic E-state index is 0.196. The molecule has 112 valence electrons. The van der Waals surface area contributed by atoms with Crippen molar-refractivity contribution in [2.24, 2.45) is 0 Å². The molecule has 0 aromatic rings. The van der Waals surface area contributed by atoms with Crippen LogP contribution in [0.25, 0.3) is 0 Å². The van der Waals surface area contributed by atoms with E-state index >= 15 is 0 Å². The molecule has 0 bridgehead atoms. The number of hydrogen-bond acceptors (Lipinski definition) is 5. The summed E-state index contributed by atoms with van der Waals surface area (Å²) >= 11 is 0. The summed E-state index contributed by atoms with van der Waals surface area (Å²) in [6, 6.07) is 0. The fourth-order valence-electron chi connectivity index (χ4n) is 2.09. The minimum Gasteiger partial charge on any atom is -0.368 e. The predicted molar refractivity (Wildman–Crippen MR) is 73.1 cm³/mol. The van der Waals surface area contributed by atoms with Gasteiger partial charge in [0.1, 0.15) is 6.10 Å². The molecule has 19 heavy (non-hydrogen) atoms. The lowest BCUT2D eigenvalue weighted by molar-refractivity contribution is -0.0925. The molecule has 1 fully saturated rings. The first kappa shape index (κ1) is 16.6. The van der Waals surface area contributed by atoms with Crippen LogP contribution >= 0.6 is 0 Å². The van der Waals surface area contributed by atoms with Gasteiger partial charge in [-0.25, -0.2) is 0 Å². The maximum atomic E-state index is 11.1. The standard InChI is InChI=1S/C13H24O5S/c1-3-4-5-6-7-8-9-11-12(10-13(14)17-11)18-19(2,15)16/h7-8,11-14H,3-6,9-10H2,1-2H3/b8-7-/t11-,12-,13?/m1/s1. The van der Waals surface area contributed by atoms with E-state index in [4.69, 9.17) is 8.92 Å². The van der Waals surface area contributed by atoms with Crippen LogP contribution in [0.4, 0.5) is 0 Å². The van der Waals surface area contributed by atoms with Gasteiger partial charge in [0.25, 0.3) is 10.1 Å². The first-order valence-corrected chi connectivity index (χ1v) is 8.61. The SMILES string of the molecule is CCCCC/C=C\C[C@H]1OC(O)C[C@H]1OS(C)(=O)=O. The van der Waals surface area contributed by atoms with Crippen molar-refractivity contribution in [3.63, 3.8) is 0 Å². The van der Waals surface area contributed by atoms with Crippen molar-refractivity contribution in [3.8, 4) is 0 Å². The van der Waals surface area contributed by atoms with E-state index in [2.05, 4.69) is 13.0 Å². The first-order valence-electron chi connectivity index (χ1n) is 6.79. The van der Waals surface area contributed by atoms with Gasteiger partial charge in [-0.1, -0.05) is 31.9 Å². The second kappa shape index (κ2) is 7.99. The van der Waals surface area contributed by atoms with E-state index in [0.29, 0.717) is 6.42 Å². The Balaban J connectivity index is 2.37. The molecule has 1 rings (SSSR count). The Bertz CT molecular complexity index is 376. The second-order valence-corrected chi connectivity index (χ2v) is 6.51. The number of unbranched alkanes of at least 4 members (excludes halogenated alkanes) is 3. The zero-order chi connectivity index (χ0) is 14.3. The fourth-order valence-corrected chi connectivity index (χ4v) is 2.74. The highest BCUT2D eigenvalue weighted by molar-refractivity contribution is 7.86. The van der Waals surface area contributed by atoms with Gasteiger partial charge < -0.3 is 9.84 Å². The summed E-state index contributed by atoms with van der Waals surface area (Å²) in [4.78, 5) is 0. The van der Waals surface area contributed by atoms with E-state index in [9.17, 15) is 13.5 Å². The van der Waals surface area contributed by atoms with Crippen LogP contribution in [0, 0.1) is 0 Å². The third-order valence-corrected chi connectivity index (χ3v) is 3.59. The summed E-state index contributed by atoms with van der Waals surface area (Å²) in [6.07, 6.45) is 8.45. The van der Waals surface area contributed by atoms with Crippen molar-refractivity contribution in [3.05, 3.63) is 12.2 Å². The van der Waals surface area contributed by atoms with E-state index in [0.717, 1.165) is 19.1 Å². The van der Waals surface area contributed by atoms with Crippen LogP contribution in [0.5, 0.6) is 0 Å². The molecule has 1 aliphatic rings. The smallest absolute Gasteiger partial charge is 0.264 e. The maximum absolute atomic E-state index is 11.1. The van der Waals surface area contributed by atoms with Crippen molar-refractivity contribution in [1.29, 1.82) is 0 Å². The van der Waals surface area contributed by atoms with Crippen LogP contribution in [-0.4, -0.2) is 38.3 Å². The molecule has 3 atom stereocenters. The van der Waals surface area contributed by atoms with E-state index in [1.165, 1.54) is 12.8 Å². The van der Waals surface area contributed by atoms with Gasteiger partial charge >= 0.3 is 0 Å². The molecule has 1 heterocycles. The highest BCUT2D eigenvalue weighted by Gasteiger charge is 2.36. The minimum atomic E-state index is -3.52. The Hall–Kier alpha value is -0.430. The van der Waals surface area contributed by atoms with Gasteiger partial charge in [-0.3, -0.25) is 4.18 Å². The highest BCUT2D eigenvalue weighted by Crippen LogP contribution is 2.25. The average molecular weight is 292 g/mol. The molecule has 0 amide bonds. The quantitative estimate of drug-likeness (QED) is 0.420. The zero-order valence-electron chi connectivity index (χ0n) is 11.6. The van der Waals surface area contributed by atoms with Crippen molar-refractivity contribution in [2.75, 3.05) is 6.26 Å². The van der Waals surface area contributed by atoms with Crippen LogP contribution in [0.2, 0.25) is 0 Å². The Morgan fingerprint density at radius 2 is 2.11 bits per heavy atom. The molecule has 1 unspecified atom stereocenters. The number of allylic oxidation sites excluding steroid dienone is 1. The molecule has 0 saturated carbocycles. The summed E-state index contributed by atoms with van der Waals surface area (Å²) in [7, 11) is -3.52. The van der Waals surface area contributed by atoms with Gasteiger partial charge in [-0.2, -0.15) is 8.42 Å². The summed E-state index contributed by atoms with van der Waals surface area (Å²) < 4.78 is 32.4. The normalized spacial score (nSPS) is 28.3. The second-order valence-electron chi connectivity index (χ2n) is 4.91. The maximum Gasteiger partial charge on any atom is 0.264 e. The van der Waals surface area contributed by atoms with Crippen LogP contribution in [-0.2, 0) is 19.0 Å². The fraction of sp³-hybridized carbons (Fsp3) is 0.846. The third-order valence-electron chi connectivity index (χ3n) is 2.99. The molecule has 6 heteroatoms. The lowest BCUT2D eigenvalue weighted by Gasteiger charge is -2.15. The third kappa shape index (κ3) is 7.06. The molecule has 1 N–H and O–H groups in total. The van der Waals surface area contributed by atoms with Gasteiger partial charge in [-0.15, -0.1) is 0 Å². The molecular formula is C13H24O5S. The number of aliphatic hydroxyl groups excluding tert-OH is 1. The van der Waals surface area contributed by atoms with Crippen LogP contribution in [0.1, 0.15) is 45.4 Å². The highest BCUT2D eigenvalue weighted by atomic mass is 32.2. The van der Waals surface area contributed by atoms with Crippen molar-refractivity contribution in [1.82, 2.24) is 0 Å². The number of rotatable bonds is 8. The molecule has 0 aliphatic carbocycles. The first-order chi connectivity index (χ1) is 8.92. The van der Waals surface area contributed by atoms with Gasteiger partial charge in [-0.05, 0) is 19.3 Å². The number of hydrogen-bond donors (Lipinski definition) is 1. The van der Waals surface area contributed by atoms with Crippen LogP contribution < -0.4 is 0 Å². The van der Waals surface area contributed by atoms with Crippen molar-refractivity contribution >= 4 is 10.1 Å². The van der Waals surface area contributed by atoms with Gasteiger partial charge in [0.15, 0.2) is 6.29 Å². The molecule has 0 radical (unpaired) electrons. The monoisotopic (exact) mass is 292 g/mol. The van der Waals surface area contributed by atoms with Crippen LogP contribution in [0.3, 0.4) is 0 Å². The van der Waals surface area contributed by atoms with Gasteiger partial charge in [0.2, 0.25) is 0 Å². The summed E-state index contributed by atoms with van der Waals surface area (Å²) in [6.45, 7) is 2.16. The number of aliphatic hydroxyl groups is 1. The Labute approximate surface area is 115 Å². The lowest BCUT2D eigenvalue weighted by Crippen LogP contribution is -2.26. The lowest BCUT2D eigenvalue weighted by atomic mass is 10.1. The largest absolute Gasteiger partial charge is 0.368 e. The van der Waals surface area contributed by atoms with Gasteiger partial charge in [0, 0.05) is 6.42 Å². The molecule has 0 spiro atoms. The Morgan fingerprint density at radius 3 is 2.74 bits per heavy atom. The molecule has 1 aliphatic heterocycles. The zero-order valence-corrected chi connectivity index (χ0v) is 12.4. The van der Waals surface area contributed by atoms with E-state index in [1.54, 1.807) is 0 Å². The summed E-state index contributed by atoms with van der Waals surface area (Å²) in [5.74, 6) is 0. The molecular weight excluding hydrogens is 268 g/mol. The molecule has 0 aromatic heterocycles. The predicted octanol–water partition coefficient (Wildman–Crippen LogP) is 1.97. The van der Waals surface area contributed by atoms with E-state index in [1.807, 2.05) is 6.08 Å². The van der Waals surface area contributed by atoms with E-state index < -0.39 is 28.6 Å². The number of ether oxygens (including phenoxy) is 1. The van der Waals surface area contributed by atoms with Crippen LogP contribution in [0.15, 0.2) is 12.2 Å². The molecule has 5 nitrogen and oxygen atoms in total. The van der Waals surface area contributed by atoms with E-state index in [-0.39, 0.29) is 6.42 Å².